The molecule has 1 amide bonds. The van der Waals surface area contributed by atoms with Crippen LogP contribution in [0.4, 0.5) is 5.69 Å². The molecule has 1 aromatic carbocycles. The molecule has 1 aliphatic rings. The molecule has 110 valence electrons. The highest BCUT2D eigenvalue weighted by Gasteiger charge is 2.52. The minimum absolute atomic E-state index is 0.253. The van der Waals surface area contributed by atoms with Gasteiger partial charge in [-0.15, -0.1) is 11.3 Å². The Labute approximate surface area is 129 Å². The number of thiophene rings is 1. The molecule has 0 radical (unpaired) electrons. The average molecular weight is 300 g/mol. The largest absolute Gasteiger partial charge is 0.399 e. The Morgan fingerprint density at radius 2 is 2.00 bits per heavy atom. The molecule has 0 saturated heterocycles. The molecule has 2 N–H and O–H groups in total. The minimum atomic E-state index is -0.305. The molecule has 1 aromatic heterocycles. The second kappa shape index (κ2) is 5.53. The van der Waals surface area contributed by atoms with Gasteiger partial charge < -0.3 is 10.6 Å². The maximum Gasteiger partial charge on any atom is 0.233 e. The molecule has 1 heterocycles. The Morgan fingerprint density at radius 1 is 1.29 bits per heavy atom. The monoisotopic (exact) mass is 300 g/mol. The number of amides is 1. The fraction of sp³-hybridized carbons (Fsp3) is 0.353. The zero-order valence-corrected chi connectivity index (χ0v) is 13.0. The molecule has 3 rings (SSSR count). The molecule has 0 aliphatic heterocycles. The third-order valence-corrected chi connectivity index (χ3v) is 5.08. The van der Waals surface area contributed by atoms with Crippen molar-refractivity contribution in [3.05, 3.63) is 52.2 Å². The second-order valence-electron chi connectivity index (χ2n) is 5.60. The molecule has 1 fully saturated rings. The minimum Gasteiger partial charge on any atom is -0.399 e. The van der Waals surface area contributed by atoms with Crippen molar-refractivity contribution in [1.82, 2.24) is 4.90 Å². The predicted octanol–water partition coefficient (Wildman–Crippen LogP) is 3.41. The standard InChI is InChI=1S/C17H20N2OS/c1-2-19(12-15-4-3-11-21-15)16(20)17(9-10-17)13-5-7-14(18)8-6-13/h3-8,11H,2,9-10,12,18H2,1H3. The lowest BCUT2D eigenvalue weighted by molar-refractivity contribution is -0.134. The Bertz CT molecular complexity index is 615. The Morgan fingerprint density at radius 3 is 2.52 bits per heavy atom. The van der Waals surface area contributed by atoms with Crippen molar-refractivity contribution < 1.29 is 4.79 Å². The SMILES string of the molecule is CCN(Cc1cccs1)C(=O)C1(c2ccc(N)cc2)CC1. The maximum absolute atomic E-state index is 13.0. The normalized spacial score (nSPS) is 15.7. The lowest BCUT2D eigenvalue weighted by Crippen LogP contribution is -2.38. The average Bonchev–Trinajstić information content (AvgIpc) is 3.15. The summed E-state index contributed by atoms with van der Waals surface area (Å²) >= 11 is 1.70. The van der Waals surface area contributed by atoms with Crippen LogP contribution in [-0.4, -0.2) is 17.4 Å². The Hall–Kier alpha value is -1.81. The fourth-order valence-electron chi connectivity index (χ4n) is 2.77. The third-order valence-electron chi connectivity index (χ3n) is 4.22. The van der Waals surface area contributed by atoms with E-state index < -0.39 is 0 Å². The number of hydrogen-bond donors (Lipinski definition) is 1. The van der Waals surface area contributed by atoms with E-state index >= 15 is 0 Å². The molecule has 4 heteroatoms. The summed E-state index contributed by atoms with van der Waals surface area (Å²) in [4.78, 5) is 16.2. The molecular weight excluding hydrogens is 280 g/mol. The van der Waals surface area contributed by atoms with Gasteiger partial charge >= 0.3 is 0 Å². The van der Waals surface area contributed by atoms with Gasteiger partial charge in [0.05, 0.1) is 12.0 Å². The van der Waals surface area contributed by atoms with E-state index in [1.807, 2.05) is 42.2 Å². The van der Waals surface area contributed by atoms with Gasteiger partial charge in [0.1, 0.15) is 0 Å². The number of carbonyl (C=O) groups is 1. The van der Waals surface area contributed by atoms with Crippen molar-refractivity contribution >= 4 is 22.9 Å². The van der Waals surface area contributed by atoms with Gasteiger partial charge in [0, 0.05) is 17.1 Å². The molecule has 1 saturated carbocycles. The number of anilines is 1. The van der Waals surface area contributed by atoms with Gasteiger partial charge in [0.25, 0.3) is 0 Å². The fourth-order valence-corrected chi connectivity index (χ4v) is 3.49. The Kier molecular flexibility index (Phi) is 3.72. The van der Waals surface area contributed by atoms with E-state index in [4.69, 9.17) is 5.73 Å². The van der Waals surface area contributed by atoms with Crippen molar-refractivity contribution in [3.63, 3.8) is 0 Å². The van der Waals surface area contributed by atoms with Gasteiger partial charge in [-0.2, -0.15) is 0 Å². The first kappa shape index (κ1) is 14.1. The van der Waals surface area contributed by atoms with Crippen LogP contribution in [0, 0.1) is 0 Å². The molecule has 3 nitrogen and oxygen atoms in total. The first-order valence-corrected chi connectivity index (χ1v) is 8.21. The molecule has 0 spiro atoms. The van der Waals surface area contributed by atoms with Crippen molar-refractivity contribution in [1.29, 1.82) is 0 Å². The molecule has 0 bridgehead atoms. The topological polar surface area (TPSA) is 46.3 Å². The molecular formula is C17H20N2OS. The van der Waals surface area contributed by atoms with Crippen LogP contribution in [-0.2, 0) is 16.8 Å². The number of rotatable bonds is 5. The van der Waals surface area contributed by atoms with Crippen molar-refractivity contribution in [2.75, 3.05) is 12.3 Å². The van der Waals surface area contributed by atoms with Crippen molar-refractivity contribution in [2.45, 2.75) is 31.7 Å². The highest BCUT2D eigenvalue weighted by atomic mass is 32.1. The highest BCUT2D eigenvalue weighted by Crippen LogP contribution is 2.49. The third kappa shape index (κ3) is 2.68. The first-order chi connectivity index (χ1) is 10.2. The first-order valence-electron chi connectivity index (χ1n) is 7.33. The van der Waals surface area contributed by atoms with Crippen LogP contribution in [0.25, 0.3) is 0 Å². The lowest BCUT2D eigenvalue weighted by atomic mass is 9.94. The highest BCUT2D eigenvalue weighted by molar-refractivity contribution is 7.09. The van der Waals surface area contributed by atoms with Crippen molar-refractivity contribution in [3.8, 4) is 0 Å². The molecule has 21 heavy (non-hydrogen) atoms. The number of likely N-dealkylation sites (N-methyl/N-ethyl adjacent to an activating group) is 1. The number of nitrogens with zero attached hydrogens (tertiary/aromatic N) is 1. The number of carbonyl (C=O) groups excluding carboxylic acids is 1. The number of benzene rings is 1. The molecule has 2 aromatic rings. The summed E-state index contributed by atoms with van der Waals surface area (Å²) in [7, 11) is 0. The molecule has 0 unspecified atom stereocenters. The van der Waals surface area contributed by atoms with E-state index in [1.54, 1.807) is 11.3 Å². The van der Waals surface area contributed by atoms with Crippen LogP contribution in [0.5, 0.6) is 0 Å². The van der Waals surface area contributed by atoms with Crippen LogP contribution in [0.2, 0.25) is 0 Å². The van der Waals surface area contributed by atoms with Gasteiger partial charge in [0.15, 0.2) is 0 Å². The number of nitrogens with two attached hydrogens (primary N) is 1. The van der Waals surface area contributed by atoms with Crippen LogP contribution >= 0.6 is 11.3 Å². The number of nitrogen functional groups attached to an aromatic ring is 1. The summed E-state index contributed by atoms with van der Waals surface area (Å²) in [6.45, 7) is 3.50. The van der Waals surface area contributed by atoms with Crippen molar-refractivity contribution in [2.24, 2.45) is 0 Å². The Balaban J connectivity index is 1.81. The van der Waals surface area contributed by atoms with E-state index in [2.05, 4.69) is 11.4 Å². The van der Waals surface area contributed by atoms with Crippen LogP contribution in [0.15, 0.2) is 41.8 Å². The quantitative estimate of drug-likeness (QED) is 0.860. The van der Waals surface area contributed by atoms with E-state index in [1.165, 1.54) is 4.88 Å². The van der Waals surface area contributed by atoms with Crippen LogP contribution in [0.1, 0.15) is 30.2 Å². The van der Waals surface area contributed by atoms with Gasteiger partial charge in [-0.3, -0.25) is 4.79 Å². The second-order valence-corrected chi connectivity index (χ2v) is 6.64. The lowest BCUT2D eigenvalue weighted by Gasteiger charge is -2.26. The van der Waals surface area contributed by atoms with Crippen LogP contribution in [0.3, 0.4) is 0 Å². The predicted molar refractivity (Wildman–Crippen MR) is 87.2 cm³/mol. The van der Waals surface area contributed by atoms with Crippen LogP contribution < -0.4 is 5.73 Å². The summed E-state index contributed by atoms with van der Waals surface area (Å²) in [6.07, 6.45) is 1.88. The smallest absolute Gasteiger partial charge is 0.233 e. The zero-order chi connectivity index (χ0) is 14.9. The molecule has 1 aliphatic carbocycles. The number of hydrogen-bond acceptors (Lipinski definition) is 3. The van der Waals surface area contributed by atoms with Gasteiger partial charge in [0.2, 0.25) is 5.91 Å². The maximum atomic E-state index is 13.0. The van der Waals surface area contributed by atoms with Gasteiger partial charge in [-0.25, -0.2) is 0 Å². The van der Waals surface area contributed by atoms with Gasteiger partial charge in [-0.1, -0.05) is 18.2 Å². The summed E-state index contributed by atoms with van der Waals surface area (Å²) in [5.41, 5.74) is 7.29. The van der Waals surface area contributed by atoms with E-state index in [0.717, 1.165) is 30.6 Å². The summed E-state index contributed by atoms with van der Waals surface area (Å²) < 4.78 is 0. The van der Waals surface area contributed by atoms with E-state index in [0.29, 0.717) is 6.54 Å². The summed E-state index contributed by atoms with van der Waals surface area (Å²) in [5, 5.41) is 2.06. The zero-order valence-electron chi connectivity index (χ0n) is 12.2. The van der Waals surface area contributed by atoms with Gasteiger partial charge in [-0.05, 0) is 48.9 Å². The summed E-state index contributed by atoms with van der Waals surface area (Å²) in [5.74, 6) is 0.253. The van der Waals surface area contributed by atoms with E-state index in [-0.39, 0.29) is 11.3 Å². The summed E-state index contributed by atoms with van der Waals surface area (Å²) in [6, 6.07) is 11.9. The molecule has 0 atom stereocenters. The van der Waals surface area contributed by atoms with E-state index in [9.17, 15) is 4.79 Å².